The van der Waals surface area contributed by atoms with Crippen molar-refractivity contribution in [1.29, 1.82) is 0 Å². The largest absolute Gasteiger partial charge is 0.307 e. The summed E-state index contributed by atoms with van der Waals surface area (Å²) in [5, 5.41) is 4.37. The fraction of sp³-hybridized carbons (Fsp3) is 0.235. The van der Waals surface area contributed by atoms with Crippen LogP contribution in [0.1, 0.15) is 28.8 Å². The van der Waals surface area contributed by atoms with E-state index in [0.29, 0.717) is 17.9 Å². The van der Waals surface area contributed by atoms with Crippen LogP contribution >= 0.6 is 0 Å². The summed E-state index contributed by atoms with van der Waals surface area (Å²) < 4.78 is 1.75. The Morgan fingerprint density at radius 2 is 1.91 bits per heavy atom. The summed E-state index contributed by atoms with van der Waals surface area (Å²) in [6.07, 6.45) is 0. The molecule has 0 aliphatic rings. The molecule has 0 N–H and O–H groups in total. The predicted octanol–water partition coefficient (Wildman–Crippen LogP) is 3.01. The molecular weight excluding hydrogens is 276 g/mol. The lowest BCUT2D eigenvalue weighted by molar-refractivity contribution is 0.0983. The number of carbonyl (C=O) groups is 1. The predicted molar refractivity (Wildman–Crippen MR) is 86.3 cm³/mol. The summed E-state index contributed by atoms with van der Waals surface area (Å²) in [4.78, 5) is 19.0. The van der Waals surface area contributed by atoms with Gasteiger partial charge in [0.15, 0.2) is 5.65 Å². The Morgan fingerprint density at radius 1 is 1.18 bits per heavy atom. The van der Waals surface area contributed by atoms with Crippen molar-refractivity contribution >= 4 is 17.2 Å². The average molecular weight is 294 g/mol. The molecule has 0 aliphatic heterocycles. The summed E-state index contributed by atoms with van der Waals surface area (Å²) in [7, 11) is 0. The first-order valence-corrected chi connectivity index (χ1v) is 7.31. The molecule has 5 nitrogen and oxygen atoms in total. The summed E-state index contributed by atoms with van der Waals surface area (Å²) in [6, 6.07) is 13.3. The van der Waals surface area contributed by atoms with Crippen molar-refractivity contribution in [1.82, 2.24) is 14.6 Å². The number of hydrogen-bond donors (Lipinski definition) is 0. The zero-order valence-electron chi connectivity index (χ0n) is 12.9. The second kappa shape index (κ2) is 5.60. The molecule has 0 spiro atoms. The molecule has 0 atom stereocenters. The monoisotopic (exact) mass is 294 g/mol. The van der Waals surface area contributed by atoms with Crippen molar-refractivity contribution in [2.24, 2.45) is 0 Å². The third-order valence-corrected chi connectivity index (χ3v) is 3.58. The maximum Gasteiger partial charge on any atom is 0.277 e. The zero-order chi connectivity index (χ0) is 15.7. The van der Waals surface area contributed by atoms with Crippen LogP contribution in [0.3, 0.4) is 0 Å². The van der Waals surface area contributed by atoms with Gasteiger partial charge in [0.1, 0.15) is 5.69 Å². The molecule has 2 aromatic heterocycles. The molecule has 22 heavy (non-hydrogen) atoms. The highest BCUT2D eigenvalue weighted by atomic mass is 16.2. The van der Waals surface area contributed by atoms with Crippen LogP contribution in [-0.2, 0) is 0 Å². The first-order valence-electron chi connectivity index (χ1n) is 7.31. The van der Waals surface area contributed by atoms with Crippen LogP contribution in [0.5, 0.6) is 0 Å². The van der Waals surface area contributed by atoms with Crippen LogP contribution < -0.4 is 4.90 Å². The van der Waals surface area contributed by atoms with Crippen LogP contribution in [0.4, 0.5) is 5.69 Å². The molecule has 1 aromatic carbocycles. The molecular formula is C17H18N4O. The van der Waals surface area contributed by atoms with Gasteiger partial charge in [-0.15, -0.1) is 0 Å². The van der Waals surface area contributed by atoms with Crippen molar-refractivity contribution in [2.45, 2.75) is 20.8 Å². The van der Waals surface area contributed by atoms with Gasteiger partial charge in [0, 0.05) is 24.0 Å². The SMILES string of the molecule is CCN(C(=O)c1cc(C)n2nc(C)cc2n1)c1ccccc1. The Morgan fingerprint density at radius 3 is 2.59 bits per heavy atom. The molecule has 2 heterocycles. The van der Waals surface area contributed by atoms with Gasteiger partial charge in [0.05, 0.1) is 5.69 Å². The Hall–Kier alpha value is -2.69. The van der Waals surface area contributed by atoms with E-state index < -0.39 is 0 Å². The standard InChI is InChI=1S/C17H18N4O/c1-4-20(14-8-6-5-7-9-14)17(22)15-11-13(3)21-16(18-15)10-12(2)19-21/h5-11H,4H2,1-3H3. The Balaban J connectivity index is 2.04. The lowest BCUT2D eigenvalue weighted by Gasteiger charge is -2.20. The number of para-hydroxylation sites is 1. The highest BCUT2D eigenvalue weighted by Crippen LogP contribution is 2.17. The molecule has 0 radical (unpaired) electrons. The average Bonchev–Trinajstić information content (AvgIpc) is 2.90. The van der Waals surface area contributed by atoms with Crippen molar-refractivity contribution in [3.8, 4) is 0 Å². The number of aryl methyl sites for hydroxylation is 2. The molecule has 5 heteroatoms. The van der Waals surface area contributed by atoms with Gasteiger partial charge >= 0.3 is 0 Å². The van der Waals surface area contributed by atoms with Crippen LogP contribution in [0, 0.1) is 13.8 Å². The smallest absolute Gasteiger partial charge is 0.277 e. The first kappa shape index (κ1) is 14.3. The van der Waals surface area contributed by atoms with E-state index in [0.717, 1.165) is 17.1 Å². The number of nitrogens with zero attached hydrogens (tertiary/aromatic N) is 4. The highest BCUT2D eigenvalue weighted by Gasteiger charge is 2.19. The second-order valence-corrected chi connectivity index (χ2v) is 5.22. The Labute approximate surface area is 129 Å². The van der Waals surface area contributed by atoms with Crippen molar-refractivity contribution in [3.63, 3.8) is 0 Å². The number of fused-ring (bicyclic) bond motifs is 1. The highest BCUT2D eigenvalue weighted by molar-refractivity contribution is 6.05. The number of carbonyl (C=O) groups excluding carboxylic acids is 1. The van der Waals surface area contributed by atoms with Crippen LogP contribution in [-0.4, -0.2) is 27.0 Å². The van der Waals surface area contributed by atoms with Crippen molar-refractivity contribution in [2.75, 3.05) is 11.4 Å². The Bertz CT molecular complexity index is 823. The van der Waals surface area contributed by atoms with E-state index in [1.54, 1.807) is 15.5 Å². The number of anilines is 1. The lowest BCUT2D eigenvalue weighted by Crippen LogP contribution is -2.31. The molecule has 1 amide bonds. The fourth-order valence-electron chi connectivity index (χ4n) is 2.54. The fourth-order valence-corrected chi connectivity index (χ4v) is 2.54. The third kappa shape index (κ3) is 2.45. The van der Waals surface area contributed by atoms with E-state index in [4.69, 9.17) is 0 Å². The van der Waals surface area contributed by atoms with Crippen LogP contribution in [0.15, 0.2) is 42.5 Å². The van der Waals surface area contributed by atoms with Gasteiger partial charge in [-0.1, -0.05) is 18.2 Å². The molecule has 0 aliphatic carbocycles. The van der Waals surface area contributed by atoms with E-state index in [2.05, 4.69) is 10.1 Å². The second-order valence-electron chi connectivity index (χ2n) is 5.22. The Kier molecular flexibility index (Phi) is 3.63. The molecule has 0 fully saturated rings. The molecule has 0 saturated carbocycles. The number of amides is 1. The minimum absolute atomic E-state index is 0.0989. The van der Waals surface area contributed by atoms with Gasteiger partial charge in [-0.25, -0.2) is 9.50 Å². The molecule has 0 saturated heterocycles. The summed E-state index contributed by atoms with van der Waals surface area (Å²) in [6.45, 7) is 6.39. The molecule has 3 aromatic rings. The number of aromatic nitrogens is 3. The molecule has 0 bridgehead atoms. The van der Waals surface area contributed by atoms with Crippen LogP contribution in [0.2, 0.25) is 0 Å². The van der Waals surface area contributed by atoms with Crippen molar-refractivity contribution < 1.29 is 4.79 Å². The topological polar surface area (TPSA) is 50.5 Å². The molecule has 112 valence electrons. The van der Waals surface area contributed by atoms with Gasteiger partial charge < -0.3 is 4.90 Å². The van der Waals surface area contributed by atoms with Gasteiger partial charge in [-0.3, -0.25) is 4.79 Å². The zero-order valence-corrected chi connectivity index (χ0v) is 12.9. The lowest BCUT2D eigenvalue weighted by atomic mass is 10.2. The van der Waals surface area contributed by atoms with E-state index in [1.165, 1.54) is 0 Å². The van der Waals surface area contributed by atoms with E-state index in [1.807, 2.05) is 57.2 Å². The van der Waals surface area contributed by atoms with E-state index in [9.17, 15) is 4.79 Å². The summed E-state index contributed by atoms with van der Waals surface area (Å²) >= 11 is 0. The summed E-state index contributed by atoms with van der Waals surface area (Å²) in [5.74, 6) is -0.0989. The van der Waals surface area contributed by atoms with Gasteiger partial charge in [-0.2, -0.15) is 5.10 Å². The van der Waals surface area contributed by atoms with E-state index in [-0.39, 0.29) is 5.91 Å². The molecule has 0 unspecified atom stereocenters. The van der Waals surface area contributed by atoms with Gasteiger partial charge in [0.25, 0.3) is 5.91 Å². The number of rotatable bonds is 3. The van der Waals surface area contributed by atoms with Crippen molar-refractivity contribution in [3.05, 3.63) is 59.5 Å². The first-order chi connectivity index (χ1) is 10.6. The quantitative estimate of drug-likeness (QED) is 0.746. The number of benzene rings is 1. The maximum absolute atomic E-state index is 12.8. The normalized spacial score (nSPS) is 10.9. The van der Waals surface area contributed by atoms with Gasteiger partial charge in [0.2, 0.25) is 0 Å². The van der Waals surface area contributed by atoms with E-state index >= 15 is 0 Å². The summed E-state index contributed by atoms with van der Waals surface area (Å²) in [5.41, 5.74) is 3.79. The third-order valence-electron chi connectivity index (χ3n) is 3.58. The van der Waals surface area contributed by atoms with Gasteiger partial charge in [-0.05, 0) is 39.0 Å². The molecule has 3 rings (SSSR count). The minimum Gasteiger partial charge on any atom is -0.307 e. The minimum atomic E-state index is -0.0989. The number of hydrogen-bond acceptors (Lipinski definition) is 3. The van der Waals surface area contributed by atoms with Crippen LogP contribution in [0.25, 0.3) is 5.65 Å². The maximum atomic E-state index is 12.8.